The number of aromatic amines is 1. The van der Waals surface area contributed by atoms with Gasteiger partial charge in [0.25, 0.3) is 5.82 Å². The molecule has 0 radical (unpaired) electrons. The summed E-state index contributed by atoms with van der Waals surface area (Å²) in [5, 5.41) is 0. The van der Waals surface area contributed by atoms with Crippen LogP contribution in [0.5, 0.6) is 0 Å². The number of nitrogens with one attached hydrogen (secondary N) is 1. The Morgan fingerprint density at radius 1 is 1.00 bits per heavy atom. The summed E-state index contributed by atoms with van der Waals surface area (Å²) in [6.45, 7) is 0. The van der Waals surface area contributed by atoms with Crippen molar-refractivity contribution >= 4 is 23.9 Å². The molecule has 1 N–H and O–H groups in total. The van der Waals surface area contributed by atoms with Gasteiger partial charge in [-0.2, -0.15) is 4.99 Å². The highest BCUT2D eigenvalue weighted by Gasteiger charge is 2.24. The number of amides is 1. The molecule has 0 unspecified atom stereocenters. The molecule has 0 saturated carbocycles. The van der Waals surface area contributed by atoms with E-state index in [9.17, 15) is 4.79 Å². The summed E-state index contributed by atoms with van der Waals surface area (Å²) in [6.07, 6.45) is 4.89. The molecule has 0 spiro atoms. The van der Waals surface area contributed by atoms with E-state index >= 15 is 0 Å². The van der Waals surface area contributed by atoms with Crippen molar-refractivity contribution in [2.24, 2.45) is 4.99 Å². The van der Waals surface area contributed by atoms with Gasteiger partial charge < -0.3 is 12.4 Å². The summed E-state index contributed by atoms with van der Waals surface area (Å²) in [4.78, 5) is 25.7. The second-order valence-corrected chi connectivity index (χ2v) is 4.72. The second kappa shape index (κ2) is 8.55. The Hall–Kier alpha value is -3.05. The number of anilines is 1. The zero-order valence-electron chi connectivity index (χ0n) is 12.7. The smallest absolute Gasteiger partial charge is 0.347 e. The number of hydrogen-bond donors (Lipinski definition) is 0. The van der Waals surface area contributed by atoms with Gasteiger partial charge in [0, 0.05) is 12.3 Å². The van der Waals surface area contributed by atoms with E-state index in [2.05, 4.69) is 15.0 Å². The van der Waals surface area contributed by atoms with E-state index in [1.165, 1.54) is 11.2 Å². The Balaban J connectivity index is 0.00000208. The van der Waals surface area contributed by atoms with Crippen LogP contribution in [-0.4, -0.2) is 17.2 Å². The number of H-pyrrole nitrogens is 1. The van der Waals surface area contributed by atoms with E-state index in [1.807, 2.05) is 48.5 Å². The third-order valence-corrected chi connectivity index (χ3v) is 3.15. The highest BCUT2D eigenvalue weighted by Crippen LogP contribution is 2.12. The van der Waals surface area contributed by atoms with Crippen LogP contribution < -0.4 is 22.3 Å². The molecule has 0 bridgehead atoms. The average molecular weight is 339 g/mol. The highest BCUT2D eigenvalue weighted by molar-refractivity contribution is 6.15. The number of pyridine rings is 2. The normalized spacial score (nSPS) is 10.2. The van der Waals surface area contributed by atoms with Gasteiger partial charge in [0.15, 0.2) is 12.2 Å². The van der Waals surface area contributed by atoms with Crippen LogP contribution in [0.15, 0.2) is 84.1 Å². The van der Waals surface area contributed by atoms with Crippen LogP contribution in [0.4, 0.5) is 11.6 Å². The monoisotopic (exact) mass is 338 g/mol. The number of halogens is 1. The third kappa shape index (κ3) is 4.24. The minimum atomic E-state index is -0.173. The molecular weight excluding hydrogens is 324 g/mol. The first kappa shape index (κ1) is 17.3. The maximum atomic E-state index is 12.8. The molecule has 24 heavy (non-hydrogen) atoms. The van der Waals surface area contributed by atoms with Crippen molar-refractivity contribution in [3.8, 4) is 0 Å². The number of aliphatic imine (C=N–C) groups is 1. The Kier molecular flexibility index (Phi) is 6.16. The van der Waals surface area contributed by atoms with Crippen molar-refractivity contribution in [2.45, 2.75) is 0 Å². The quantitative estimate of drug-likeness (QED) is 0.493. The molecule has 6 heteroatoms. The Labute approximate surface area is 146 Å². The van der Waals surface area contributed by atoms with Crippen LogP contribution in [0.25, 0.3) is 0 Å². The lowest BCUT2D eigenvalue weighted by molar-refractivity contribution is -0.362. The van der Waals surface area contributed by atoms with Gasteiger partial charge in [0.05, 0.1) is 11.8 Å². The van der Waals surface area contributed by atoms with Gasteiger partial charge in [-0.3, -0.25) is 0 Å². The first-order valence-electron chi connectivity index (χ1n) is 7.15. The van der Waals surface area contributed by atoms with Gasteiger partial charge in [0.2, 0.25) is 0 Å². The minimum absolute atomic E-state index is 0. The summed E-state index contributed by atoms with van der Waals surface area (Å²) in [5.74, 6) is 0.989. The first-order valence-corrected chi connectivity index (χ1v) is 7.15. The van der Waals surface area contributed by atoms with Gasteiger partial charge in [-0.15, -0.1) is 4.90 Å². The van der Waals surface area contributed by atoms with Gasteiger partial charge >= 0.3 is 5.91 Å². The van der Waals surface area contributed by atoms with Gasteiger partial charge in [-0.05, 0) is 30.3 Å². The molecule has 0 atom stereocenters. The average Bonchev–Trinajstić information content (AvgIpc) is 2.64. The molecule has 3 rings (SSSR count). The van der Waals surface area contributed by atoms with Crippen molar-refractivity contribution in [2.75, 3.05) is 4.90 Å². The van der Waals surface area contributed by atoms with Gasteiger partial charge in [-0.1, -0.05) is 30.3 Å². The van der Waals surface area contributed by atoms with E-state index in [0.29, 0.717) is 17.2 Å². The largest absolute Gasteiger partial charge is 1.00 e. The summed E-state index contributed by atoms with van der Waals surface area (Å²) < 4.78 is 0. The SMILES string of the molecule is O=C(c1ccccc1)N(/C=N/c1ccccn1)c1cccc[nH+]1.[Cl-]. The maximum absolute atomic E-state index is 12.8. The number of rotatable bonds is 4. The van der Waals surface area contributed by atoms with E-state index < -0.39 is 0 Å². The minimum Gasteiger partial charge on any atom is -1.00 e. The summed E-state index contributed by atoms with van der Waals surface area (Å²) in [6, 6.07) is 20.0. The molecule has 2 heterocycles. The lowest BCUT2D eigenvalue weighted by Crippen LogP contribution is -3.00. The van der Waals surface area contributed by atoms with Crippen LogP contribution in [0.1, 0.15) is 10.4 Å². The van der Waals surface area contributed by atoms with Crippen LogP contribution in [-0.2, 0) is 0 Å². The summed E-state index contributed by atoms with van der Waals surface area (Å²) in [7, 11) is 0. The molecule has 2 aromatic heterocycles. The van der Waals surface area contributed by atoms with Gasteiger partial charge in [-0.25, -0.2) is 14.8 Å². The lowest BCUT2D eigenvalue weighted by Gasteiger charge is -2.08. The second-order valence-electron chi connectivity index (χ2n) is 4.72. The highest BCUT2D eigenvalue weighted by atomic mass is 35.5. The molecular formula is C18H15ClN4O. The standard InChI is InChI=1S/C18H14N4O.ClH/c23-18(15-8-2-1-3-9-15)22(17-11-5-7-13-20-17)14-21-16-10-4-6-12-19-16;/h1-14H;1H/b21-14+;. The predicted octanol–water partition coefficient (Wildman–Crippen LogP) is -0.0935. The fraction of sp³-hybridized carbons (Fsp3) is 0. The van der Waals surface area contributed by atoms with Crippen LogP contribution in [0, 0.1) is 0 Å². The molecule has 120 valence electrons. The van der Waals surface area contributed by atoms with Crippen molar-refractivity contribution in [3.63, 3.8) is 0 Å². The van der Waals surface area contributed by atoms with Crippen molar-refractivity contribution in [3.05, 3.63) is 84.7 Å². The predicted molar refractivity (Wildman–Crippen MR) is 88.6 cm³/mol. The maximum Gasteiger partial charge on any atom is 0.347 e. The Bertz CT molecular complexity index is 795. The number of benzene rings is 1. The number of nitrogens with zero attached hydrogens (tertiary/aromatic N) is 3. The van der Waals surface area contributed by atoms with Crippen molar-refractivity contribution in [1.29, 1.82) is 0 Å². The molecule has 5 nitrogen and oxygen atoms in total. The van der Waals surface area contributed by atoms with E-state index in [4.69, 9.17) is 0 Å². The molecule has 1 amide bonds. The molecule has 1 aromatic carbocycles. The van der Waals surface area contributed by atoms with Crippen molar-refractivity contribution < 1.29 is 22.2 Å². The molecule has 3 aromatic rings. The van der Waals surface area contributed by atoms with Crippen LogP contribution in [0.2, 0.25) is 0 Å². The number of carbonyl (C=O) groups is 1. The topological polar surface area (TPSA) is 59.7 Å². The zero-order chi connectivity index (χ0) is 15.9. The zero-order valence-corrected chi connectivity index (χ0v) is 13.5. The Morgan fingerprint density at radius 3 is 2.42 bits per heavy atom. The molecule has 0 aliphatic rings. The van der Waals surface area contributed by atoms with Crippen molar-refractivity contribution in [1.82, 2.24) is 4.98 Å². The number of hydrogen-bond acceptors (Lipinski definition) is 3. The fourth-order valence-electron chi connectivity index (χ4n) is 2.02. The number of carbonyl (C=O) groups excluding carboxylic acids is 1. The summed E-state index contributed by atoms with van der Waals surface area (Å²) in [5.41, 5.74) is 0.581. The molecule has 0 aliphatic carbocycles. The fourth-order valence-corrected chi connectivity index (χ4v) is 2.02. The summed E-state index contributed by atoms with van der Waals surface area (Å²) >= 11 is 0. The Morgan fingerprint density at radius 2 is 1.75 bits per heavy atom. The molecule has 0 saturated heterocycles. The van der Waals surface area contributed by atoms with Crippen LogP contribution in [0.3, 0.4) is 0 Å². The first-order chi connectivity index (χ1) is 11.3. The molecule has 0 fully saturated rings. The van der Waals surface area contributed by atoms with E-state index in [1.54, 1.807) is 30.6 Å². The van der Waals surface area contributed by atoms with E-state index in [0.717, 1.165) is 0 Å². The third-order valence-electron chi connectivity index (χ3n) is 3.15. The van der Waals surface area contributed by atoms with E-state index in [-0.39, 0.29) is 18.3 Å². The lowest BCUT2D eigenvalue weighted by atomic mass is 10.2. The number of aromatic nitrogens is 2. The van der Waals surface area contributed by atoms with Gasteiger partial charge in [0.1, 0.15) is 0 Å². The van der Waals surface area contributed by atoms with Crippen LogP contribution >= 0.6 is 0 Å². The molecule has 0 aliphatic heterocycles.